The van der Waals surface area contributed by atoms with Crippen molar-refractivity contribution < 1.29 is 17.9 Å². The van der Waals surface area contributed by atoms with Gasteiger partial charge in [-0.25, -0.2) is 13.4 Å². The van der Waals surface area contributed by atoms with Crippen molar-refractivity contribution in [1.82, 2.24) is 14.3 Å². The summed E-state index contributed by atoms with van der Waals surface area (Å²) < 4.78 is 32.1. The van der Waals surface area contributed by atoms with Crippen LogP contribution < -0.4 is 5.32 Å². The Labute approximate surface area is 171 Å². The highest BCUT2D eigenvalue weighted by molar-refractivity contribution is 7.89. The van der Waals surface area contributed by atoms with Gasteiger partial charge in [-0.2, -0.15) is 0 Å². The van der Waals surface area contributed by atoms with Crippen LogP contribution in [-0.4, -0.2) is 42.8 Å². The van der Waals surface area contributed by atoms with Gasteiger partial charge in [0.2, 0.25) is 5.95 Å². The lowest BCUT2D eigenvalue weighted by atomic mass is 10.1. The number of hydrogen-bond acceptors (Lipinski definition) is 6. The summed E-state index contributed by atoms with van der Waals surface area (Å²) in [6.45, 7) is 2.00. The summed E-state index contributed by atoms with van der Waals surface area (Å²) in [5.41, 5.74) is 0.984. The van der Waals surface area contributed by atoms with Gasteiger partial charge >= 0.3 is 0 Å². The molecule has 150 valence electrons. The van der Waals surface area contributed by atoms with Gasteiger partial charge in [0.05, 0.1) is 28.8 Å². The summed E-state index contributed by atoms with van der Waals surface area (Å²) in [6.07, 6.45) is 1.61. The predicted octanol–water partition coefficient (Wildman–Crippen LogP) is 3.03. The van der Waals surface area contributed by atoms with Crippen LogP contribution in [0.2, 0.25) is 0 Å². The van der Waals surface area contributed by atoms with Crippen molar-refractivity contribution in [2.45, 2.75) is 11.8 Å². The lowest BCUT2D eigenvalue weighted by Gasteiger charge is -2.29. The van der Waals surface area contributed by atoms with Crippen molar-refractivity contribution in [2.24, 2.45) is 0 Å². The minimum Gasteiger partial charge on any atom is -0.494 e. The quantitative estimate of drug-likeness (QED) is 0.662. The van der Waals surface area contributed by atoms with E-state index in [0.29, 0.717) is 5.56 Å². The van der Waals surface area contributed by atoms with E-state index < -0.39 is 15.9 Å². The third kappa shape index (κ3) is 3.19. The summed E-state index contributed by atoms with van der Waals surface area (Å²) in [4.78, 5) is 22.4. The number of imidazole rings is 1. The predicted molar refractivity (Wildman–Crippen MR) is 111 cm³/mol. The van der Waals surface area contributed by atoms with Crippen molar-refractivity contribution in [3.05, 3.63) is 58.7 Å². The number of thiophene rings is 1. The smallest absolute Gasteiger partial charge is 0.279 e. The van der Waals surface area contributed by atoms with Crippen molar-refractivity contribution >= 4 is 39.0 Å². The highest BCUT2D eigenvalue weighted by atomic mass is 32.2. The monoisotopic (exact) mass is 430 g/mol. The Bertz CT molecular complexity index is 1240. The van der Waals surface area contributed by atoms with Crippen LogP contribution in [0.4, 0.5) is 5.95 Å². The number of hydrogen-bond donors (Lipinski definition) is 2. The molecule has 3 aromatic rings. The zero-order chi connectivity index (χ0) is 20.8. The van der Waals surface area contributed by atoms with E-state index in [-0.39, 0.29) is 22.3 Å². The Morgan fingerprint density at radius 2 is 2.00 bits per heavy atom. The number of anilines is 1. The van der Waals surface area contributed by atoms with E-state index >= 15 is 0 Å². The molecule has 2 N–H and O–H groups in total. The van der Waals surface area contributed by atoms with E-state index in [1.54, 1.807) is 35.7 Å². The zero-order valence-electron chi connectivity index (χ0n) is 15.9. The van der Waals surface area contributed by atoms with Gasteiger partial charge in [0, 0.05) is 17.5 Å². The van der Waals surface area contributed by atoms with Crippen LogP contribution in [0, 0.1) is 6.92 Å². The Balaban J connectivity index is 1.71. The number of nitrogens with zero attached hydrogens (tertiary/aromatic N) is 2. The van der Waals surface area contributed by atoms with E-state index in [0.717, 1.165) is 19.8 Å². The largest absolute Gasteiger partial charge is 0.494 e. The van der Waals surface area contributed by atoms with Crippen LogP contribution in [0.15, 0.2) is 53.2 Å². The number of carbonyl (C=O) groups is 1. The number of H-pyrrole nitrogens is 1. The number of benzene rings is 1. The number of sulfonamides is 1. The first-order valence-corrected chi connectivity index (χ1v) is 10.9. The normalized spacial score (nSPS) is 15.2. The number of carbonyl (C=O) groups excluding carboxylic acids is 1. The fraction of sp³-hybridized carbons (Fsp3) is 0.158. The standard InChI is InChI=1S/C19H18N4O4S2/c1-11-8-9-14(28-11)13-10-20-19(21-13)22-18(24)16-17(27-3)12-6-4-5-7-15(12)29(25,26)23(16)2/h4-10H,1-3H3,(H2,20,21,22,24). The SMILES string of the molecule is COC1=C(C(=O)Nc2ncc(-c3ccc(C)s3)[nH]2)N(C)S(=O)(=O)c2ccccc21. The summed E-state index contributed by atoms with van der Waals surface area (Å²) >= 11 is 1.60. The summed E-state index contributed by atoms with van der Waals surface area (Å²) in [6, 6.07) is 10.4. The number of rotatable bonds is 4. The number of aryl methyl sites for hydroxylation is 1. The molecule has 10 heteroatoms. The van der Waals surface area contributed by atoms with Gasteiger partial charge < -0.3 is 9.72 Å². The van der Waals surface area contributed by atoms with Gasteiger partial charge in [-0.05, 0) is 31.2 Å². The second-order valence-corrected chi connectivity index (χ2v) is 9.59. The first kappa shape index (κ1) is 19.2. The second kappa shape index (κ2) is 7.05. The first-order chi connectivity index (χ1) is 13.8. The van der Waals surface area contributed by atoms with Crippen molar-refractivity contribution in [3.8, 4) is 10.6 Å². The topological polar surface area (TPSA) is 104 Å². The molecule has 1 aliphatic heterocycles. The summed E-state index contributed by atoms with van der Waals surface area (Å²) in [5, 5.41) is 2.63. The molecule has 3 heterocycles. The maximum atomic E-state index is 13.0. The van der Waals surface area contributed by atoms with Gasteiger partial charge in [0.1, 0.15) is 0 Å². The van der Waals surface area contributed by atoms with Crippen molar-refractivity contribution in [2.75, 3.05) is 19.5 Å². The number of amides is 1. The van der Waals surface area contributed by atoms with Gasteiger partial charge in [-0.3, -0.25) is 14.4 Å². The van der Waals surface area contributed by atoms with Gasteiger partial charge in [0.15, 0.2) is 11.5 Å². The van der Waals surface area contributed by atoms with Crippen molar-refractivity contribution in [1.29, 1.82) is 0 Å². The van der Waals surface area contributed by atoms with E-state index in [4.69, 9.17) is 4.74 Å². The Morgan fingerprint density at radius 1 is 1.24 bits per heavy atom. The highest BCUT2D eigenvalue weighted by Gasteiger charge is 2.38. The van der Waals surface area contributed by atoms with Crippen LogP contribution in [0.5, 0.6) is 0 Å². The summed E-state index contributed by atoms with van der Waals surface area (Å²) in [5.74, 6) is -0.259. The average Bonchev–Trinajstić information content (AvgIpc) is 3.33. The molecule has 4 rings (SSSR count). The number of nitrogens with one attached hydrogen (secondary N) is 2. The van der Waals surface area contributed by atoms with Crippen LogP contribution in [0.1, 0.15) is 10.4 Å². The van der Waals surface area contributed by atoms with E-state index in [1.807, 2.05) is 19.1 Å². The molecule has 0 saturated carbocycles. The lowest BCUT2D eigenvalue weighted by Crippen LogP contribution is -2.37. The van der Waals surface area contributed by atoms with Gasteiger partial charge in [0.25, 0.3) is 15.9 Å². The van der Waals surface area contributed by atoms with Crippen LogP contribution >= 0.6 is 11.3 Å². The molecule has 0 aliphatic carbocycles. The van der Waals surface area contributed by atoms with E-state index in [1.165, 1.54) is 20.2 Å². The minimum absolute atomic E-state index is 0.0873. The number of ether oxygens (including phenoxy) is 1. The van der Waals surface area contributed by atoms with Crippen LogP contribution in [0.3, 0.4) is 0 Å². The molecule has 1 aliphatic rings. The fourth-order valence-electron chi connectivity index (χ4n) is 3.13. The van der Waals surface area contributed by atoms with E-state index in [9.17, 15) is 13.2 Å². The molecule has 0 atom stereocenters. The Hall–Kier alpha value is -3.11. The second-order valence-electron chi connectivity index (χ2n) is 6.36. The maximum Gasteiger partial charge on any atom is 0.279 e. The lowest BCUT2D eigenvalue weighted by molar-refractivity contribution is -0.113. The number of fused-ring (bicyclic) bond motifs is 1. The molecule has 0 fully saturated rings. The number of aromatic amines is 1. The van der Waals surface area contributed by atoms with Gasteiger partial charge in [-0.15, -0.1) is 11.3 Å². The molecule has 2 aromatic heterocycles. The fourth-order valence-corrected chi connectivity index (χ4v) is 5.35. The average molecular weight is 431 g/mol. The molecule has 1 aromatic carbocycles. The first-order valence-electron chi connectivity index (χ1n) is 8.62. The molecular formula is C19H18N4O4S2. The number of aromatic nitrogens is 2. The molecule has 0 saturated heterocycles. The molecule has 8 nitrogen and oxygen atoms in total. The minimum atomic E-state index is -3.88. The molecule has 0 unspecified atom stereocenters. The Morgan fingerprint density at radius 3 is 2.69 bits per heavy atom. The maximum absolute atomic E-state index is 13.0. The molecule has 0 bridgehead atoms. The third-order valence-electron chi connectivity index (χ3n) is 4.53. The molecule has 0 spiro atoms. The third-order valence-corrected chi connectivity index (χ3v) is 7.38. The van der Waals surface area contributed by atoms with Crippen molar-refractivity contribution in [3.63, 3.8) is 0 Å². The molecular weight excluding hydrogens is 412 g/mol. The van der Waals surface area contributed by atoms with E-state index in [2.05, 4.69) is 15.3 Å². The zero-order valence-corrected chi connectivity index (χ0v) is 17.5. The number of methoxy groups -OCH3 is 1. The highest BCUT2D eigenvalue weighted by Crippen LogP contribution is 2.36. The van der Waals surface area contributed by atoms with Gasteiger partial charge in [-0.1, -0.05) is 12.1 Å². The summed E-state index contributed by atoms with van der Waals surface area (Å²) in [7, 11) is -1.16. The van der Waals surface area contributed by atoms with Crippen LogP contribution in [0.25, 0.3) is 16.3 Å². The number of likely N-dealkylation sites (N-methyl/N-ethyl adjacent to an activating group) is 1. The molecule has 0 radical (unpaired) electrons. The molecule has 1 amide bonds. The van der Waals surface area contributed by atoms with Crippen LogP contribution in [-0.2, 0) is 19.6 Å². The molecule has 29 heavy (non-hydrogen) atoms. The Kier molecular flexibility index (Phi) is 4.67.